The van der Waals surface area contributed by atoms with E-state index in [-0.39, 0.29) is 0 Å². The van der Waals surface area contributed by atoms with Gasteiger partial charge in [-0.25, -0.2) is 0 Å². The largest absolute Gasteiger partial charge is 0.372 e. The summed E-state index contributed by atoms with van der Waals surface area (Å²) in [6, 6.07) is 0. The van der Waals surface area contributed by atoms with Crippen molar-refractivity contribution in [1.82, 2.24) is 5.32 Å². The fourth-order valence-corrected chi connectivity index (χ4v) is 1.12. The Kier molecular flexibility index (Phi) is 4.24. The van der Waals surface area contributed by atoms with E-state index in [1.807, 2.05) is 0 Å². The van der Waals surface area contributed by atoms with Crippen LogP contribution in [0.4, 0.5) is 0 Å². The fraction of sp³-hybridized carbons (Fsp3) is 0.778. The first-order valence-electron chi connectivity index (χ1n) is 4.42. The topological polar surface area (TPSA) is 21.3 Å². The van der Waals surface area contributed by atoms with Crippen LogP contribution in [-0.4, -0.2) is 25.8 Å². The molecular weight excluding hydrogens is 138 g/mol. The number of rotatable bonds is 3. The van der Waals surface area contributed by atoms with Crippen LogP contribution in [0.15, 0.2) is 12.2 Å². The molecule has 0 aromatic heterocycles. The minimum atomic E-state index is 0.315. The Labute approximate surface area is 68.6 Å². The molecule has 0 radical (unpaired) electrons. The molecule has 0 aromatic carbocycles. The highest BCUT2D eigenvalue weighted by Gasteiger charge is 2.08. The smallest absolute Gasteiger partial charge is 0.0880 e. The third-order valence-corrected chi connectivity index (χ3v) is 1.76. The first-order valence-corrected chi connectivity index (χ1v) is 4.42. The average Bonchev–Trinajstić information content (AvgIpc) is 2.07. The summed E-state index contributed by atoms with van der Waals surface area (Å²) in [6.07, 6.45) is 7.07. The van der Waals surface area contributed by atoms with Crippen molar-refractivity contribution in [2.75, 3.05) is 19.7 Å². The van der Waals surface area contributed by atoms with Crippen LogP contribution < -0.4 is 5.32 Å². The van der Waals surface area contributed by atoms with Gasteiger partial charge in [0.25, 0.3) is 0 Å². The van der Waals surface area contributed by atoms with Crippen LogP contribution in [0.1, 0.15) is 19.8 Å². The lowest BCUT2D eigenvalue weighted by molar-refractivity contribution is 0.0590. The predicted octanol–water partition coefficient (Wildman–Crippen LogP) is 1.33. The number of nitrogens with one attached hydrogen (secondary N) is 1. The van der Waals surface area contributed by atoms with Crippen molar-refractivity contribution in [2.24, 2.45) is 0 Å². The zero-order valence-corrected chi connectivity index (χ0v) is 7.18. The van der Waals surface area contributed by atoms with Crippen LogP contribution >= 0.6 is 0 Å². The Morgan fingerprint density at radius 2 is 2.55 bits per heavy atom. The highest BCUT2D eigenvalue weighted by molar-refractivity contribution is 4.91. The van der Waals surface area contributed by atoms with E-state index in [0.29, 0.717) is 6.10 Å². The molecule has 1 atom stereocenters. The molecule has 2 heteroatoms. The van der Waals surface area contributed by atoms with Crippen LogP contribution in [0, 0.1) is 0 Å². The monoisotopic (exact) mass is 155 g/mol. The van der Waals surface area contributed by atoms with Crippen molar-refractivity contribution in [3.8, 4) is 0 Å². The van der Waals surface area contributed by atoms with Gasteiger partial charge in [0.05, 0.1) is 12.7 Å². The van der Waals surface area contributed by atoms with Crippen molar-refractivity contribution >= 4 is 0 Å². The third-order valence-electron chi connectivity index (χ3n) is 1.76. The highest BCUT2D eigenvalue weighted by Crippen LogP contribution is 1.99. The van der Waals surface area contributed by atoms with Gasteiger partial charge in [-0.1, -0.05) is 25.5 Å². The summed E-state index contributed by atoms with van der Waals surface area (Å²) >= 11 is 0. The summed E-state index contributed by atoms with van der Waals surface area (Å²) in [6.45, 7) is 5.00. The minimum Gasteiger partial charge on any atom is -0.372 e. The summed E-state index contributed by atoms with van der Waals surface area (Å²) < 4.78 is 5.48. The van der Waals surface area contributed by atoms with Gasteiger partial charge < -0.3 is 10.1 Å². The van der Waals surface area contributed by atoms with Crippen molar-refractivity contribution in [1.29, 1.82) is 0 Å². The van der Waals surface area contributed by atoms with Gasteiger partial charge in [-0.3, -0.25) is 0 Å². The third kappa shape index (κ3) is 3.54. The Morgan fingerprint density at radius 3 is 3.18 bits per heavy atom. The van der Waals surface area contributed by atoms with Gasteiger partial charge in [0.15, 0.2) is 0 Å². The lowest BCUT2D eigenvalue weighted by Gasteiger charge is -2.20. The van der Waals surface area contributed by atoms with Gasteiger partial charge in [0.2, 0.25) is 0 Å². The molecule has 1 saturated heterocycles. The molecule has 0 spiro atoms. The number of unbranched alkanes of at least 4 members (excludes halogenated alkanes) is 1. The molecule has 0 saturated carbocycles. The van der Waals surface area contributed by atoms with Crippen LogP contribution in [0.5, 0.6) is 0 Å². The van der Waals surface area contributed by atoms with E-state index < -0.39 is 0 Å². The van der Waals surface area contributed by atoms with E-state index in [4.69, 9.17) is 4.74 Å². The molecule has 1 N–H and O–H groups in total. The maximum Gasteiger partial charge on any atom is 0.0880 e. The normalized spacial score (nSPS) is 26.1. The van der Waals surface area contributed by atoms with E-state index in [1.165, 1.54) is 12.8 Å². The van der Waals surface area contributed by atoms with Crippen LogP contribution in [0.25, 0.3) is 0 Å². The molecule has 0 amide bonds. The zero-order chi connectivity index (χ0) is 7.94. The summed E-state index contributed by atoms with van der Waals surface area (Å²) in [5.41, 5.74) is 0. The Balaban J connectivity index is 2.13. The molecule has 1 aliphatic heterocycles. The number of hydrogen-bond donors (Lipinski definition) is 1. The molecule has 0 aromatic rings. The Hall–Kier alpha value is -0.340. The molecule has 11 heavy (non-hydrogen) atoms. The second-order valence-corrected chi connectivity index (χ2v) is 2.83. The second-order valence-electron chi connectivity index (χ2n) is 2.83. The van der Waals surface area contributed by atoms with Gasteiger partial charge >= 0.3 is 0 Å². The van der Waals surface area contributed by atoms with Crippen LogP contribution in [0.3, 0.4) is 0 Å². The molecule has 1 fully saturated rings. The van der Waals surface area contributed by atoms with Crippen molar-refractivity contribution < 1.29 is 4.74 Å². The summed E-state index contributed by atoms with van der Waals surface area (Å²) in [7, 11) is 0. The fourth-order valence-electron chi connectivity index (χ4n) is 1.12. The van der Waals surface area contributed by atoms with Crippen LogP contribution in [0.2, 0.25) is 0 Å². The van der Waals surface area contributed by atoms with Crippen LogP contribution in [-0.2, 0) is 4.74 Å². The minimum absolute atomic E-state index is 0.315. The van der Waals surface area contributed by atoms with E-state index >= 15 is 0 Å². The van der Waals surface area contributed by atoms with Gasteiger partial charge in [0.1, 0.15) is 0 Å². The molecular formula is C9H17NO. The second kappa shape index (κ2) is 5.33. The lowest BCUT2D eigenvalue weighted by atomic mass is 10.2. The SMILES string of the molecule is CCC/C=C/C1CNCCO1. The van der Waals surface area contributed by atoms with Gasteiger partial charge in [-0.2, -0.15) is 0 Å². The van der Waals surface area contributed by atoms with Gasteiger partial charge in [-0.05, 0) is 6.42 Å². The molecule has 2 nitrogen and oxygen atoms in total. The van der Waals surface area contributed by atoms with Crippen molar-refractivity contribution in [3.05, 3.63) is 12.2 Å². The van der Waals surface area contributed by atoms with Crippen molar-refractivity contribution in [2.45, 2.75) is 25.9 Å². The highest BCUT2D eigenvalue weighted by atomic mass is 16.5. The molecule has 1 heterocycles. The lowest BCUT2D eigenvalue weighted by Crippen LogP contribution is -2.37. The van der Waals surface area contributed by atoms with Gasteiger partial charge in [0, 0.05) is 13.1 Å². The predicted molar refractivity (Wildman–Crippen MR) is 46.7 cm³/mol. The summed E-state index contributed by atoms with van der Waals surface area (Å²) in [5.74, 6) is 0. The first kappa shape index (κ1) is 8.75. The molecule has 0 aliphatic carbocycles. The summed E-state index contributed by atoms with van der Waals surface area (Å²) in [5, 5.41) is 3.29. The number of hydrogen-bond acceptors (Lipinski definition) is 2. The molecule has 1 aliphatic rings. The molecule has 1 rings (SSSR count). The number of ether oxygens (including phenoxy) is 1. The Morgan fingerprint density at radius 1 is 1.64 bits per heavy atom. The summed E-state index contributed by atoms with van der Waals surface area (Å²) in [4.78, 5) is 0. The van der Waals surface area contributed by atoms with E-state index in [9.17, 15) is 0 Å². The van der Waals surface area contributed by atoms with E-state index in [0.717, 1.165) is 19.7 Å². The number of morpholine rings is 1. The zero-order valence-electron chi connectivity index (χ0n) is 7.18. The maximum absolute atomic E-state index is 5.48. The first-order chi connectivity index (χ1) is 5.43. The number of allylic oxidation sites excluding steroid dienone is 1. The van der Waals surface area contributed by atoms with Crippen molar-refractivity contribution in [3.63, 3.8) is 0 Å². The van der Waals surface area contributed by atoms with Gasteiger partial charge in [-0.15, -0.1) is 0 Å². The molecule has 0 bridgehead atoms. The molecule has 1 unspecified atom stereocenters. The quantitative estimate of drug-likeness (QED) is 0.621. The standard InChI is InChI=1S/C9H17NO/c1-2-3-4-5-9-8-10-6-7-11-9/h4-5,9-10H,2-3,6-8H2,1H3/b5-4+. The van der Waals surface area contributed by atoms with E-state index in [2.05, 4.69) is 24.4 Å². The maximum atomic E-state index is 5.48. The molecule has 64 valence electrons. The Bertz CT molecular complexity index is 117. The average molecular weight is 155 g/mol. The van der Waals surface area contributed by atoms with E-state index in [1.54, 1.807) is 0 Å².